The molecule has 0 bridgehead atoms. The smallest absolute Gasteiger partial charge is 0.359 e. The molecule has 0 unspecified atom stereocenters. The number of halogens is 4. The minimum Gasteiger partial charge on any atom is -0.359 e. The third kappa shape index (κ3) is 4.36. The van der Waals surface area contributed by atoms with Gasteiger partial charge < -0.3 is 4.98 Å². The van der Waals surface area contributed by atoms with Crippen LogP contribution in [0.3, 0.4) is 0 Å². The average molecular weight is 561 g/mol. The predicted octanol–water partition coefficient (Wildman–Crippen LogP) is 8.55. The highest BCUT2D eigenvalue weighted by Gasteiger charge is 2.44. The summed E-state index contributed by atoms with van der Waals surface area (Å²) in [4.78, 5) is 5.07. The quantitative estimate of drug-likeness (QED) is 0.211. The van der Waals surface area contributed by atoms with Crippen LogP contribution in [0.25, 0.3) is 27.8 Å². The third-order valence-electron chi connectivity index (χ3n) is 8.49. The molecule has 4 nitrogen and oxygen atoms in total. The Labute approximate surface area is 236 Å². The standard InChI is InChI=1S/C33H32F4N4/c1-5-20-11-9-12-21(6-2)29(20)41-30(24-14-15-27(34)28-23(24)16-17-38-28)25-19-40(32(3,4)31(25)39-41)18-22-10-7-8-13-26(22)33(35,36)37/h7-17,38H,5-6,18-19H2,1-4H3. The van der Waals surface area contributed by atoms with E-state index in [0.29, 0.717) is 12.1 Å². The molecule has 0 spiro atoms. The number of nitrogens with zero attached hydrogens (tertiary/aromatic N) is 3. The van der Waals surface area contributed by atoms with E-state index in [2.05, 4.69) is 37.0 Å². The van der Waals surface area contributed by atoms with E-state index in [4.69, 9.17) is 5.10 Å². The van der Waals surface area contributed by atoms with Crippen molar-refractivity contribution in [2.75, 3.05) is 0 Å². The highest BCUT2D eigenvalue weighted by molar-refractivity contribution is 5.96. The van der Waals surface area contributed by atoms with Crippen LogP contribution in [0.4, 0.5) is 17.6 Å². The third-order valence-corrected chi connectivity index (χ3v) is 8.49. The Hall–Kier alpha value is -3.91. The van der Waals surface area contributed by atoms with Crippen molar-refractivity contribution in [2.45, 2.75) is 65.3 Å². The maximum atomic E-state index is 14.8. The molecule has 5 aromatic rings. The van der Waals surface area contributed by atoms with Crippen molar-refractivity contribution in [1.29, 1.82) is 0 Å². The van der Waals surface area contributed by atoms with Crippen LogP contribution >= 0.6 is 0 Å². The van der Waals surface area contributed by atoms with Crippen molar-refractivity contribution in [1.82, 2.24) is 19.7 Å². The molecule has 2 aromatic heterocycles. The van der Waals surface area contributed by atoms with E-state index in [9.17, 15) is 17.6 Å². The number of alkyl halides is 3. The number of hydrogen-bond donors (Lipinski definition) is 1. The fourth-order valence-electron chi connectivity index (χ4n) is 6.28. The van der Waals surface area contributed by atoms with Crippen molar-refractivity contribution >= 4 is 10.9 Å². The Morgan fingerprint density at radius 1 is 0.902 bits per heavy atom. The van der Waals surface area contributed by atoms with Crippen LogP contribution in [0.15, 0.2) is 66.9 Å². The minimum atomic E-state index is -4.44. The van der Waals surface area contributed by atoms with E-state index >= 15 is 0 Å². The first kappa shape index (κ1) is 27.3. The molecule has 3 aromatic carbocycles. The van der Waals surface area contributed by atoms with Crippen LogP contribution in [0.2, 0.25) is 0 Å². The second-order valence-corrected chi connectivity index (χ2v) is 11.2. The van der Waals surface area contributed by atoms with Gasteiger partial charge in [0.05, 0.1) is 33.7 Å². The van der Waals surface area contributed by atoms with Gasteiger partial charge in [-0.05, 0) is 67.6 Å². The number of aromatic nitrogens is 3. The fraction of sp³-hybridized carbons (Fsp3) is 0.303. The zero-order valence-corrected chi connectivity index (χ0v) is 23.5. The summed E-state index contributed by atoms with van der Waals surface area (Å²) in [6.07, 6.45) is -1.11. The number of benzene rings is 3. The van der Waals surface area contributed by atoms with E-state index in [1.165, 1.54) is 12.1 Å². The Morgan fingerprint density at radius 2 is 1.59 bits per heavy atom. The molecular weight excluding hydrogens is 528 g/mol. The fourth-order valence-corrected chi connectivity index (χ4v) is 6.28. The highest BCUT2D eigenvalue weighted by Crippen LogP contribution is 2.47. The van der Waals surface area contributed by atoms with Crippen LogP contribution in [0.1, 0.15) is 61.2 Å². The molecule has 1 N–H and O–H groups in total. The van der Waals surface area contributed by atoms with Gasteiger partial charge in [-0.2, -0.15) is 18.3 Å². The van der Waals surface area contributed by atoms with Crippen LogP contribution in [-0.2, 0) is 37.6 Å². The maximum absolute atomic E-state index is 14.8. The number of aryl methyl sites for hydroxylation is 2. The largest absolute Gasteiger partial charge is 0.416 e. The first-order valence-electron chi connectivity index (χ1n) is 14.0. The molecule has 8 heteroatoms. The van der Waals surface area contributed by atoms with Crippen molar-refractivity contribution in [2.24, 2.45) is 0 Å². The molecule has 212 valence electrons. The molecule has 3 heterocycles. The zero-order chi connectivity index (χ0) is 29.1. The molecule has 0 saturated carbocycles. The summed E-state index contributed by atoms with van der Waals surface area (Å²) in [6.45, 7) is 8.77. The van der Waals surface area contributed by atoms with Crippen LogP contribution < -0.4 is 0 Å². The van der Waals surface area contributed by atoms with Gasteiger partial charge in [0.25, 0.3) is 0 Å². The van der Waals surface area contributed by atoms with Gasteiger partial charge in [-0.1, -0.05) is 50.2 Å². The zero-order valence-electron chi connectivity index (χ0n) is 23.5. The molecule has 0 aliphatic carbocycles. The topological polar surface area (TPSA) is 36.9 Å². The number of fused-ring (bicyclic) bond motifs is 2. The van der Waals surface area contributed by atoms with Gasteiger partial charge in [-0.15, -0.1) is 0 Å². The van der Waals surface area contributed by atoms with Crippen LogP contribution in [0.5, 0.6) is 0 Å². The van der Waals surface area contributed by atoms with Gasteiger partial charge in [0.2, 0.25) is 0 Å². The van der Waals surface area contributed by atoms with E-state index in [0.717, 1.165) is 63.6 Å². The average Bonchev–Trinajstić information content (AvgIpc) is 3.64. The van der Waals surface area contributed by atoms with Gasteiger partial charge in [0.15, 0.2) is 0 Å². The van der Waals surface area contributed by atoms with E-state index in [-0.39, 0.29) is 17.9 Å². The monoisotopic (exact) mass is 560 g/mol. The number of aromatic amines is 1. The lowest BCUT2D eigenvalue weighted by molar-refractivity contribution is -0.138. The summed E-state index contributed by atoms with van der Waals surface area (Å²) < 4.78 is 58.4. The molecule has 41 heavy (non-hydrogen) atoms. The minimum absolute atomic E-state index is 0.118. The number of nitrogens with one attached hydrogen (secondary N) is 1. The van der Waals surface area contributed by atoms with Crippen molar-refractivity contribution in [3.63, 3.8) is 0 Å². The SMILES string of the molecule is CCc1cccc(CC)c1-n1nc2c(c1-c1ccc(F)c3[nH]ccc13)CN(Cc1ccccc1C(F)(F)F)C2(C)C. The van der Waals surface area contributed by atoms with Crippen molar-refractivity contribution < 1.29 is 17.6 Å². The molecule has 0 amide bonds. The lowest BCUT2D eigenvalue weighted by Crippen LogP contribution is -2.36. The van der Waals surface area contributed by atoms with Crippen molar-refractivity contribution in [3.8, 4) is 16.9 Å². The second-order valence-electron chi connectivity index (χ2n) is 11.2. The molecule has 1 aliphatic rings. The van der Waals surface area contributed by atoms with Crippen LogP contribution in [-0.4, -0.2) is 19.7 Å². The van der Waals surface area contributed by atoms with Crippen molar-refractivity contribution in [3.05, 3.63) is 106 Å². The summed E-state index contributed by atoms with van der Waals surface area (Å²) in [7, 11) is 0. The second kappa shape index (κ2) is 9.87. The summed E-state index contributed by atoms with van der Waals surface area (Å²) in [5, 5.41) is 5.97. The molecule has 0 fully saturated rings. The lowest BCUT2D eigenvalue weighted by atomic mass is 9.96. The maximum Gasteiger partial charge on any atom is 0.416 e. The summed E-state index contributed by atoms with van der Waals surface area (Å²) in [5.74, 6) is -0.342. The van der Waals surface area contributed by atoms with Gasteiger partial charge in [0.1, 0.15) is 5.82 Å². The molecule has 1 aliphatic heterocycles. The summed E-state index contributed by atoms with van der Waals surface area (Å²) >= 11 is 0. The van der Waals surface area contributed by atoms with E-state index in [1.54, 1.807) is 24.4 Å². The summed E-state index contributed by atoms with van der Waals surface area (Å²) in [6, 6.07) is 17.1. The Bertz CT molecular complexity index is 1740. The van der Waals surface area contributed by atoms with Gasteiger partial charge in [-0.3, -0.25) is 4.90 Å². The first-order valence-corrected chi connectivity index (χ1v) is 14.0. The van der Waals surface area contributed by atoms with E-state index in [1.807, 2.05) is 29.5 Å². The van der Waals surface area contributed by atoms with Gasteiger partial charge >= 0.3 is 6.18 Å². The number of hydrogen-bond acceptors (Lipinski definition) is 2. The molecular formula is C33H32F4N4. The van der Waals surface area contributed by atoms with E-state index < -0.39 is 17.3 Å². The first-order chi connectivity index (χ1) is 19.6. The normalized spacial score (nSPS) is 15.1. The van der Waals surface area contributed by atoms with Crippen LogP contribution in [0, 0.1) is 5.82 Å². The highest BCUT2D eigenvalue weighted by atomic mass is 19.4. The Balaban J connectivity index is 1.57. The van der Waals surface area contributed by atoms with Gasteiger partial charge in [0, 0.05) is 35.8 Å². The van der Waals surface area contributed by atoms with Gasteiger partial charge in [-0.25, -0.2) is 9.07 Å². The number of rotatable bonds is 6. The Kier molecular flexibility index (Phi) is 6.57. The molecule has 6 rings (SSSR count). The predicted molar refractivity (Wildman–Crippen MR) is 153 cm³/mol. The number of para-hydroxylation sites is 1. The molecule has 0 saturated heterocycles. The lowest BCUT2D eigenvalue weighted by Gasteiger charge is -2.32. The molecule has 0 atom stereocenters. The Morgan fingerprint density at radius 3 is 2.27 bits per heavy atom. The number of H-pyrrole nitrogens is 1. The summed E-state index contributed by atoms with van der Waals surface area (Å²) in [5.41, 5.74) is 6.11. The molecule has 0 radical (unpaired) electrons.